The third kappa shape index (κ3) is 1.99. The van der Waals surface area contributed by atoms with Gasteiger partial charge in [-0.1, -0.05) is 18.2 Å². The Labute approximate surface area is 117 Å². The van der Waals surface area contributed by atoms with Gasteiger partial charge in [0.1, 0.15) is 18.2 Å². The Bertz CT molecular complexity index is 668. The van der Waals surface area contributed by atoms with Gasteiger partial charge in [0, 0.05) is 11.1 Å². The van der Waals surface area contributed by atoms with Crippen molar-refractivity contribution in [3.8, 4) is 5.75 Å². The van der Waals surface area contributed by atoms with Crippen LogP contribution < -0.4 is 4.74 Å². The summed E-state index contributed by atoms with van der Waals surface area (Å²) >= 11 is 0. The summed E-state index contributed by atoms with van der Waals surface area (Å²) in [6.45, 7) is 3.89. The molecule has 2 nitrogen and oxygen atoms in total. The van der Waals surface area contributed by atoms with Gasteiger partial charge in [-0.15, -0.1) is 0 Å². The van der Waals surface area contributed by atoms with Crippen LogP contribution in [0, 0.1) is 19.7 Å². The van der Waals surface area contributed by atoms with E-state index in [1.165, 1.54) is 12.1 Å². The van der Waals surface area contributed by atoms with Crippen molar-refractivity contribution in [2.75, 3.05) is 6.61 Å². The van der Waals surface area contributed by atoms with Crippen LogP contribution in [0.25, 0.3) is 0 Å². The van der Waals surface area contributed by atoms with Crippen LogP contribution in [0.5, 0.6) is 5.75 Å². The van der Waals surface area contributed by atoms with Gasteiger partial charge in [0.15, 0.2) is 5.78 Å². The minimum Gasteiger partial charge on any atom is -0.492 e. The molecule has 2 aromatic carbocycles. The number of aryl methyl sites for hydroxylation is 2. The first-order valence-corrected chi connectivity index (χ1v) is 6.60. The number of halogens is 1. The fourth-order valence-electron chi connectivity index (χ4n) is 2.85. The van der Waals surface area contributed by atoms with Gasteiger partial charge in [-0.2, -0.15) is 0 Å². The van der Waals surface area contributed by atoms with E-state index in [9.17, 15) is 9.18 Å². The number of hydrogen-bond acceptors (Lipinski definition) is 2. The second-order valence-electron chi connectivity index (χ2n) is 5.18. The maximum atomic E-state index is 13.4. The molecule has 0 aliphatic carbocycles. The molecule has 0 radical (unpaired) electrons. The largest absolute Gasteiger partial charge is 0.492 e. The minimum absolute atomic E-state index is 0.00458. The van der Waals surface area contributed by atoms with E-state index < -0.39 is 0 Å². The lowest BCUT2D eigenvalue weighted by atomic mass is 9.88. The van der Waals surface area contributed by atoms with Crippen LogP contribution in [0.1, 0.15) is 33.0 Å². The van der Waals surface area contributed by atoms with Crippen LogP contribution in [0.3, 0.4) is 0 Å². The average molecular weight is 270 g/mol. The monoisotopic (exact) mass is 270 g/mol. The van der Waals surface area contributed by atoms with E-state index in [0.29, 0.717) is 23.3 Å². The molecule has 1 aliphatic rings. The molecule has 0 spiro atoms. The molecule has 0 amide bonds. The fraction of sp³-hybridized carbons (Fsp3) is 0.235. The van der Waals surface area contributed by atoms with Crippen LogP contribution in [-0.4, -0.2) is 12.4 Å². The van der Waals surface area contributed by atoms with Gasteiger partial charge in [0.05, 0.1) is 5.92 Å². The van der Waals surface area contributed by atoms with E-state index >= 15 is 0 Å². The number of fused-ring (bicyclic) bond motifs is 1. The molecule has 0 saturated carbocycles. The van der Waals surface area contributed by atoms with E-state index in [4.69, 9.17) is 4.74 Å². The average Bonchev–Trinajstić information content (AvgIpc) is 2.81. The van der Waals surface area contributed by atoms with Crippen molar-refractivity contribution in [1.82, 2.24) is 0 Å². The van der Waals surface area contributed by atoms with Gasteiger partial charge in [-0.25, -0.2) is 4.39 Å². The highest BCUT2D eigenvalue weighted by Crippen LogP contribution is 2.36. The number of carbonyl (C=O) groups excluding carboxylic acids is 1. The van der Waals surface area contributed by atoms with Crippen LogP contribution >= 0.6 is 0 Å². The number of rotatable bonds is 2. The van der Waals surface area contributed by atoms with Gasteiger partial charge in [-0.3, -0.25) is 4.79 Å². The lowest BCUT2D eigenvalue weighted by molar-refractivity contribution is 0.0946. The van der Waals surface area contributed by atoms with Gasteiger partial charge < -0.3 is 4.74 Å². The number of carbonyl (C=O) groups is 1. The molecular formula is C17H15FO2. The Hall–Kier alpha value is -2.16. The Balaban J connectivity index is 2.03. The summed E-state index contributed by atoms with van der Waals surface area (Å²) in [6, 6.07) is 10.4. The zero-order valence-corrected chi connectivity index (χ0v) is 11.4. The SMILES string of the molecule is Cc1cc(F)cc(C)c1C(=O)C1COc2ccccc21. The molecule has 3 rings (SSSR count). The molecule has 0 aromatic heterocycles. The zero-order chi connectivity index (χ0) is 14.3. The minimum atomic E-state index is -0.306. The van der Waals surface area contributed by atoms with Crippen LogP contribution in [0.2, 0.25) is 0 Å². The Morgan fingerprint density at radius 2 is 1.85 bits per heavy atom. The number of benzene rings is 2. The van der Waals surface area contributed by atoms with E-state index in [1.54, 1.807) is 13.8 Å². The number of para-hydroxylation sites is 1. The summed E-state index contributed by atoms with van der Waals surface area (Å²) in [5.41, 5.74) is 2.88. The number of Topliss-reactive ketones (excluding diaryl/α,β-unsaturated/α-hetero) is 1. The summed E-state index contributed by atoms with van der Waals surface area (Å²) in [7, 11) is 0. The molecule has 1 atom stereocenters. The highest BCUT2D eigenvalue weighted by atomic mass is 19.1. The van der Waals surface area contributed by atoms with Gasteiger partial charge >= 0.3 is 0 Å². The second-order valence-corrected chi connectivity index (χ2v) is 5.18. The summed E-state index contributed by atoms with van der Waals surface area (Å²) in [6.07, 6.45) is 0. The van der Waals surface area contributed by atoms with Crippen LogP contribution in [0.4, 0.5) is 4.39 Å². The van der Waals surface area contributed by atoms with Crippen molar-refractivity contribution in [1.29, 1.82) is 0 Å². The van der Waals surface area contributed by atoms with Crippen molar-refractivity contribution < 1.29 is 13.9 Å². The zero-order valence-electron chi connectivity index (χ0n) is 11.4. The topological polar surface area (TPSA) is 26.3 Å². The Morgan fingerprint density at radius 3 is 2.55 bits per heavy atom. The highest BCUT2D eigenvalue weighted by Gasteiger charge is 2.32. The molecule has 0 saturated heterocycles. The highest BCUT2D eigenvalue weighted by molar-refractivity contribution is 6.04. The Morgan fingerprint density at radius 1 is 1.20 bits per heavy atom. The van der Waals surface area contributed by atoms with E-state index in [1.807, 2.05) is 24.3 Å². The van der Waals surface area contributed by atoms with Gasteiger partial charge in [0.25, 0.3) is 0 Å². The van der Waals surface area contributed by atoms with E-state index in [2.05, 4.69) is 0 Å². The number of ether oxygens (including phenoxy) is 1. The second kappa shape index (κ2) is 4.75. The predicted octanol–water partition coefficient (Wildman–Crippen LogP) is 3.80. The molecule has 0 N–H and O–H groups in total. The molecule has 0 fully saturated rings. The smallest absolute Gasteiger partial charge is 0.174 e. The molecule has 102 valence electrons. The first-order valence-electron chi connectivity index (χ1n) is 6.60. The lowest BCUT2D eigenvalue weighted by Crippen LogP contribution is -2.17. The summed E-state index contributed by atoms with van der Waals surface area (Å²) in [5.74, 6) is 0.168. The quantitative estimate of drug-likeness (QED) is 0.776. The van der Waals surface area contributed by atoms with Crippen LogP contribution in [-0.2, 0) is 0 Å². The van der Waals surface area contributed by atoms with Crippen molar-refractivity contribution in [2.24, 2.45) is 0 Å². The van der Waals surface area contributed by atoms with Crippen molar-refractivity contribution >= 4 is 5.78 Å². The molecule has 0 bridgehead atoms. The lowest BCUT2D eigenvalue weighted by Gasteiger charge is -2.13. The third-order valence-electron chi connectivity index (χ3n) is 3.76. The summed E-state index contributed by atoms with van der Waals surface area (Å²) in [4.78, 5) is 12.8. The van der Waals surface area contributed by atoms with Gasteiger partial charge in [0.2, 0.25) is 0 Å². The number of hydrogen-bond donors (Lipinski definition) is 0. The molecule has 20 heavy (non-hydrogen) atoms. The van der Waals surface area contributed by atoms with Gasteiger partial charge in [-0.05, 0) is 43.2 Å². The molecule has 2 aromatic rings. The van der Waals surface area contributed by atoms with E-state index in [-0.39, 0.29) is 17.5 Å². The molecular weight excluding hydrogens is 255 g/mol. The molecule has 1 heterocycles. The first-order chi connectivity index (χ1) is 9.58. The molecule has 1 aliphatic heterocycles. The summed E-state index contributed by atoms with van der Waals surface area (Å²) in [5, 5.41) is 0. The number of ketones is 1. The van der Waals surface area contributed by atoms with Crippen molar-refractivity contribution in [2.45, 2.75) is 19.8 Å². The van der Waals surface area contributed by atoms with E-state index in [0.717, 1.165) is 11.3 Å². The van der Waals surface area contributed by atoms with Crippen molar-refractivity contribution in [3.63, 3.8) is 0 Å². The first kappa shape index (κ1) is 12.9. The fourth-order valence-corrected chi connectivity index (χ4v) is 2.85. The maximum Gasteiger partial charge on any atom is 0.174 e. The normalized spacial score (nSPS) is 16.6. The summed E-state index contributed by atoms with van der Waals surface area (Å²) < 4.78 is 18.9. The molecule has 3 heteroatoms. The predicted molar refractivity (Wildman–Crippen MR) is 74.9 cm³/mol. The molecule has 1 unspecified atom stereocenters. The third-order valence-corrected chi connectivity index (χ3v) is 3.76. The maximum absolute atomic E-state index is 13.4. The Kier molecular flexibility index (Phi) is 3.05. The standard InChI is InChI=1S/C17H15FO2/c1-10-7-12(18)8-11(2)16(10)17(19)14-9-20-15-6-4-3-5-13(14)15/h3-8,14H,9H2,1-2H3. The van der Waals surface area contributed by atoms with Crippen molar-refractivity contribution in [3.05, 3.63) is 64.5 Å². The van der Waals surface area contributed by atoms with Crippen LogP contribution in [0.15, 0.2) is 36.4 Å².